The highest BCUT2D eigenvalue weighted by molar-refractivity contribution is 7.90. The maximum absolute atomic E-state index is 12.1. The quantitative estimate of drug-likeness (QED) is 0.331. The molecule has 0 amide bonds. The van der Waals surface area contributed by atoms with Crippen LogP contribution in [0.3, 0.4) is 0 Å². The predicted molar refractivity (Wildman–Crippen MR) is 79.2 cm³/mol. The summed E-state index contributed by atoms with van der Waals surface area (Å²) in [5.74, 6) is -0.0325. The normalized spacial score (nSPS) is 13.3. The van der Waals surface area contributed by atoms with Crippen molar-refractivity contribution in [1.29, 1.82) is 0 Å². The van der Waals surface area contributed by atoms with Crippen molar-refractivity contribution in [3.63, 3.8) is 0 Å². The molecule has 0 aliphatic rings. The van der Waals surface area contributed by atoms with E-state index in [4.69, 9.17) is 10.9 Å². The number of oxime groups is 1. The summed E-state index contributed by atoms with van der Waals surface area (Å²) in [6, 6.07) is 6.31. The Hall–Kier alpha value is -1.80. The van der Waals surface area contributed by atoms with E-state index in [1.54, 1.807) is 45.0 Å². The van der Waals surface area contributed by atoms with Crippen molar-refractivity contribution >= 4 is 21.7 Å². The van der Waals surface area contributed by atoms with Crippen LogP contribution in [0.1, 0.15) is 26.3 Å². The molecule has 0 radical (unpaired) electrons. The molecule has 1 aromatic carbocycles. The fourth-order valence-corrected chi connectivity index (χ4v) is 2.80. The molecular formula is C12H20N4O3S. The van der Waals surface area contributed by atoms with Crippen molar-refractivity contribution < 1.29 is 13.6 Å². The van der Waals surface area contributed by atoms with Gasteiger partial charge in [-0.15, -0.1) is 0 Å². The first-order chi connectivity index (χ1) is 9.07. The zero-order chi connectivity index (χ0) is 15.6. The van der Waals surface area contributed by atoms with Gasteiger partial charge in [0, 0.05) is 18.2 Å². The molecule has 8 heteroatoms. The van der Waals surface area contributed by atoms with Gasteiger partial charge in [0.2, 0.25) is 0 Å². The lowest BCUT2D eigenvalue weighted by Gasteiger charge is -2.26. The van der Waals surface area contributed by atoms with Crippen LogP contribution in [0.25, 0.3) is 0 Å². The van der Waals surface area contributed by atoms with Gasteiger partial charge in [0.05, 0.1) is 5.69 Å². The molecular weight excluding hydrogens is 280 g/mol. The highest BCUT2D eigenvalue weighted by atomic mass is 32.2. The van der Waals surface area contributed by atoms with Gasteiger partial charge in [-0.2, -0.15) is 13.1 Å². The van der Waals surface area contributed by atoms with E-state index in [2.05, 4.69) is 9.88 Å². The van der Waals surface area contributed by atoms with E-state index in [9.17, 15) is 8.42 Å². The molecule has 0 saturated heterocycles. The number of rotatable bonds is 4. The van der Waals surface area contributed by atoms with Crippen molar-refractivity contribution in [3.8, 4) is 0 Å². The van der Waals surface area contributed by atoms with E-state index in [0.717, 1.165) is 4.31 Å². The first-order valence-electron chi connectivity index (χ1n) is 5.92. The zero-order valence-electron chi connectivity index (χ0n) is 12.0. The number of nitrogens with one attached hydrogen (secondary N) is 1. The number of hydrogen-bond donors (Lipinski definition) is 3. The summed E-state index contributed by atoms with van der Waals surface area (Å²) >= 11 is 0. The van der Waals surface area contributed by atoms with Gasteiger partial charge in [0.15, 0.2) is 5.84 Å². The molecule has 0 atom stereocenters. The average molecular weight is 300 g/mol. The van der Waals surface area contributed by atoms with Crippen LogP contribution in [0.4, 0.5) is 5.69 Å². The largest absolute Gasteiger partial charge is 0.409 e. The van der Waals surface area contributed by atoms with Crippen molar-refractivity contribution in [1.82, 2.24) is 4.72 Å². The van der Waals surface area contributed by atoms with Crippen LogP contribution >= 0.6 is 0 Å². The molecule has 20 heavy (non-hydrogen) atoms. The summed E-state index contributed by atoms with van der Waals surface area (Å²) in [7, 11) is -2.19. The third-order valence-electron chi connectivity index (χ3n) is 2.43. The van der Waals surface area contributed by atoms with Gasteiger partial charge in [-0.3, -0.25) is 4.31 Å². The molecule has 0 bridgehead atoms. The number of anilines is 1. The molecule has 0 aliphatic heterocycles. The summed E-state index contributed by atoms with van der Waals surface area (Å²) in [4.78, 5) is 0. The van der Waals surface area contributed by atoms with Gasteiger partial charge < -0.3 is 10.9 Å². The van der Waals surface area contributed by atoms with E-state index in [1.165, 1.54) is 7.05 Å². The molecule has 0 aromatic heterocycles. The summed E-state index contributed by atoms with van der Waals surface area (Å²) < 4.78 is 28.0. The van der Waals surface area contributed by atoms with E-state index >= 15 is 0 Å². The van der Waals surface area contributed by atoms with Crippen molar-refractivity contribution in [2.45, 2.75) is 26.3 Å². The summed E-state index contributed by atoms with van der Waals surface area (Å²) in [5.41, 5.74) is 5.85. The fourth-order valence-electron chi connectivity index (χ4n) is 1.49. The van der Waals surface area contributed by atoms with Crippen LogP contribution in [-0.4, -0.2) is 32.0 Å². The van der Waals surface area contributed by atoms with Gasteiger partial charge in [-0.05, 0) is 45.0 Å². The highest BCUT2D eigenvalue weighted by Crippen LogP contribution is 2.17. The molecule has 112 valence electrons. The van der Waals surface area contributed by atoms with Gasteiger partial charge in [0.1, 0.15) is 0 Å². The number of nitrogens with two attached hydrogens (primary N) is 1. The molecule has 1 aromatic rings. The van der Waals surface area contributed by atoms with Gasteiger partial charge in [0.25, 0.3) is 0 Å². The van der Waals surface area contributed by atoms with Gasteiger partial charge >= 0.3 is 10.2 Å². The lowest BCUT2D eigenvalue weighted by Crippen LogP contribution is -2.47. The molecule has 0 unspecified atom stereocenters. The molecule has 0 spiro atoms. The second kappa shape index (κ2) is 5.68. The Kier molecular flexibility index (Phi) is 4.61. The number of benzene rings is 1. The zero-order valence-corrected chi connectivity index (χ0v) is 12.8. The minimum absolute atomic E-state index is 0.0325. The first kappa shape index (κ1) is 16.3. The van der Waals surface area contributed by atoms with Crippen LogP contribution in [0.5, 0.6) is 0 Å². The molecule has 4 N–H and O–H groups in total. The minimum Gasteiger partial charge on any atom is -0.409 e. The summed E-state index contributed by atoms with van der Waals surface area (Å²) in [5, 5.41) is 11.5. The molecule has 0 fully saturated rings. The molecule has 7 nitrogen and oxygen atoms in total. The standard InChI is InChI=1S/C12H20N4O3S/c1-12(2,3)15-20(18,19)16(4)10-7-5-9(6-8-10)11(13)14-17/h5-8,15,17H,1-4H3,(H2,13,14). The number of amidine groups is 1. The Morgan fingerprint density at radius 1 is 1.30 bits per heavy atom. The summed E-state index contributed by atoms with van der Waals surface area (Å²) in [6.45, 7) is 5.29. The first-order valence-corrected chi connectivity index (χ1v) is 7.36. The average Bonchev–Trinajstić information content (AvgIpc) is 2.34. The van der Waals surface area contributed by atoms with Gasteiger partial charge in [-0.1, -0.05) is 5.16 Å². The van der Waals surface area contributed by atoms with E-state index in [-0.39, 0.29) is 5.84 Å². The van der Waals surface area contributed by atoms with Crippen LogP contribution in [0.15, 0.2) is 29.4 Å². The Bertz CT molecular complexity index is 588. The molecule has 0 aliphatic carbocycles. The Balaban J connectivity index is 3.01. The highest BCUT2D eigenvalue weighted by Gasteiger charge is 2.24. The Morgan fingerprint density at radius 2 is 1.80 bits per heavy atom. The van der Waals surface area contributed by atoms with E-state index in [1.807, 2.05) is 0 Å². The fraction of sp³-hybridized carbons (Fsp3) is 0.417. The lowest BCUT2D eigenvalue weighted by atomic mass is 10.1. The van der Waals surface area contributed by atoms with Crippen molar-refractivity contribution in [3.05, 3.63) is 29.8 Å². The molecule has 0 saturated carbocycles. The maximum Gasteiger partial charge on any atom is 0.301 e. The van der Waals surface area contributed by atoms with Crippen LogP contribution < -0.4 is 14.8 Å². The van der Waals surface area contributed by atoms with Crippen LogP contribution in [0.2, 0.25) is 0 Å². The molecule has 0 heterocycles. The van der Waals surface area contributed by atoms with E-state index < -0.39 is 15.7 Å². The van der Waals surface area contributed by atoms with Crippen molar-refractivity contribution in [2.24, 2.45) is 10.9 Å². The molecule has 1 rings (SSSR count). The second-order valence-electron chi connectivity index (χ2n) is 5.36. The van der Waals surface area contributed by atoms with Crippen LogP contribution in [0, 0.1) is 0 Å². The topological polar surface area (TPSA) is 108 Å². The Morgan fingerprint density at radius 3 is 2.20 bits per heavy atom. The number of nitrogens with zero attached hydrogens (tertiary/aromatic N) is 2. The third-order valence-corrected chi connectivity index (χ3v) is 4.23. The Labute approximate surface area is 119 Å². The maximum atomic E-state index is 12.1. The third kappa shape index (κ3) is 4.10. The van der Waals surface area contributed by atoms with Gasteiger partial charge in [-0.25, -0.2) is 0 Å². The van der Waals surface area contributed by atoms with Crippen molar-refractivity contribution in [2.75, 3.05) is 11.4 Å². The monoisotopic (exact) mass is 300 g/mol. The lowest BCUT2D eigenvalue weighted by molar-refractivity contribution is 0.318. The smallest absolute Gasteiger partial charge is 0.301 e. The second-order valence-corrected chi connectivity index (χ2v) is 7.06. The predicted octanol–water partition coefficient (Wildman–Crippen LogP) is 0.850. The van der Waals surface area contributed by atoms with Crippen LogP contribution in [-0.2, 0) is 10.2 Å². The van der Waals surface area contributed by atoms with E-state index in [0.29, 0.717) is 11.3 Å². The number of hydrogen-bond acceptors (Lipinski definition) is 4. The minimum atomic E-state index is -3.64. The SMILES string of the molecule is CN(c1ccc(/C(N)=N/O)cc1)S(=O)(=O)NC(C)(C)C. The summed E-state index contributed by atoms with van der Waals surface area (Å²) in [6.07, 6.45) is 0.